The second-order valence-electron chi connectivity index (χ2n) is 7.76. The van der Waals surface area contributed by atoms with Gasteiger partial charge in [0.15, 0.2) is 5.16 Å². The number of urea groups is 1. The number of furan rings is 1. The smallest absolute Gasteiger partial charge is 0.338 e. The monoisotopic (exact) mass is 498 g/mol. The maximum atomic E-state index is 12.7. The molecule has 10 nitrogen and oxygen atoms in total. The largest absolute Gasteiger partial charge is 0.464 e. The van der Waals surface area contributed by atoms with Gasteiger partial charge in [0, 0.05) is 12.2 Å². The van der Waals surface area contributed by atoms with Gasteiger partial charge in [0.05, 0.1) is 28.9 Å². The number of carbonyl (C=O) groups is 3. The second kappa shape index (κ2) is 11.1. The Bertz CT molecular complexity index is 1230. The number of carbonyl (C=O) groups excluding carboxylic acids is 3. The number of aromatic nitrogens is 2. The molecule has 0 saturated carbocycles. The molecule has 0 bridgehead atoms. The van der Waals surface area contributed by atoms with E-state index in [1.165, 1.54) is 11.8 Å². The van der Waals surface area contributed by atoms with Gasteiger partial charge in [0.1, 0.15) is 24.2 Å². The molecule has 0 unspecified atom stereocenters. The Balaban J connectivity index is 1.35. The van der Waals surface area contributed by atoms with Crippen LogP contribution in [-0.4, -0.2) is 46.9 Å². The quantitative estimate of drug-likeness (QED) is 0.218. The van der Waals surface area contributed by atoms with Crippen LogP contribution in [-0.2, 0) is 19.1 Å². The van der Waals surface area contributed by atoms with Crippen molar-refractivity contribution in [2.75, 3.05) is 19.0 Å². The van der Waals surface area contributed by atoms with Gasteiger partial charge in [0.2, 0.25) is 0 Å². The first kappa shape index (κ1) is 24.4. The van der Waals surface area contributed by atoms with Gasteiger partial charge in [-0.2, -0.15) is 0 Å². The molecule has 0 radical (unpaired) electrons. The molecule has 1 aliphatic rings. The van der Waals surface area contributed by atoms with Crippen LogP contribution in [0.5, 0.6) is 0 Å². The third-order valence-corrected chi connectivity index (χ3v) is 6.16. The number of fused-ring (bicyclic) bond motifs is 1. The van der Waals surface area contributed by atoms with E-state index in [0.717, 1.165) is 16.2 Å². The van der Waals surface area contributed by atoms with Gasteiger partial charge in [-0.25, -0.2) is 14.6 Å². The van der Waals surface area contributed by atoms with Gasteiger partial charge in [-0.05, 0) is 44.5 Å². The Hall–Kier alpha value is -3.73. The van der Waals surface area contributed by atoms with Gasteiger partial charge in [-0.15, -0.1) is 0 Å². The maximum Gasteiger partial charge on any atom is 0.338 e. The third kappa shape index (κ3) is 6.04. The van der Waals surface area contributed by atoms with E-state index in [9.17, 15) is 14.4 Å². The number of nitrogens with one attached hydrogen (secondary N) is 3. The average Bonchev–Trinajstić information content (AvgIpc) is 3.46. The Labute approximate surface area is 205 Å². The van der Waals surface area contributed by atoms with Crippen molar-refractivity contribution in [2.45, 2.75) is 37.9 Å². The van der Waals surface area contributed by atoms with Crippen molar-refractivity contribution in [3.63, 3.8) is 0 Å². The summed E-state index contributed by atoms with van der Waals surface area (Å²) in [5, 5.41) is 6.02. The molecule has 0 fully saturated rings. The fourth-order valence-corrected chi connectivity index (χ4v) is 4.44. The zero-order chi connectivity index (χ0) is 24.8. The van der Waals surface area contributed by atoms with Crippen molar-refractivity contribution >= 4 is 40.8 Å². The van der Waals surface area contributed by atoms with Crippen LogP contribution in [0.4, 0.5) is 4.79 Å². The summed E-state index contributed by atoms with van der Waals surface area (Å²) >= 11 is 1.52. The number of para-hydroxylation sites is 2. The summed E-state index contributed by atoms with van der Waals surface area (Å²) in [6, 6.07) is 9.78. The summed E-state index contributed by atoms with van der Waals surface area (Å²) in [6.45, 7) is 3.32. The van der Waals surface area contributed by atoms with Gasteiger partial charge in [-0.3, -0.25) is 4.79 Å². The van der Waals surface area contributed by atoms with Crippen molar-refractivity contribution < 1.29 is 28.3 Å². The molecule has 3 aromatic rings. The molecular formula is C24H26N4O6S. The highest BCUT2D eigenvalue weighted by molar-refractivity contribution is 7.99. The molecular weight excluding hydrogens is 472 g/mol. The van der Waals surface area contributed by atoms with E-state index in [-0.39, 0.29) is 30.9 Å². The summed E-state index contributed by atoms with van der Waals surface area (Å²) < 4.78 is 16.2. The molecule has 0 saturated heterocycles. The van der Waals surface area contributed by atoms with Crippen molar-refractivity contribution in [2.24, 2.45) is 0 Å². The van der Waals surface area contributed by atoms with Crippen molar-refractivity contribution in [3.05, 3.63) is 59.2 Å². The molecule has 4 rings (SSSR count). The van der Waals surface area contributed by atoms with Crippen LogP contribution in [0.25, 0.3) is 11.0 Å². The molecule has 35 heavy (non-hydrogen) atoms. The Morgan fingerprint density at radius 1 is 1.17 bits per heavy atom. The number of esters is 2. The predicted octanol–water partition coefficient (Wildman–Crippen LogP) is 3.75. The number of amides is 2. The molecule has 1 aromatic carbocycles. The molecule has 1 aliphatic heterocycles. The van der Waals surface area contributed by atoms with Gasteiger partial charge >= 0.3 is 18.0 Å². The minimum Gasteiger partial charge on any atom is -0.464 e. The van der Waals surface area contributed by atoms with Crippen LogP contribution in [0, 0.1) is 6.92 Å². The molecule has 2 amide bonds. The van der Waals surface area contributed by atoms with E-state index in [1.54, 1.807) is 26.0 Å². The maximum absolute atomic E-state index is 12.7. The topological polar surface area (TPSA) is 136 Å². The first-order chi connectivity index (χ1) is 16.9. The molecule has 2 aromatic heterocycles. The lowest BCUT2D eigenvalue weighted by molar-refractivity contribution is -0.143. The summed E-state index contributed by atoms with van der Waals surface area (Å²) in [6.07, 6.45) is 0.759. The van der Waals surface area contributed by atoms with E-state index >= 15 is 0 Å². The number of aromatic amines is 1. The van der Waals surface area contributed by atoms with Crippen LogP contribution in [0.1, 0.15) is 37.3 Å². The molecule has 11 heteroatoms. The summed E-state index contributed by atoms with van der Waals surface area (Å²) in [4.78, 5) is 45.0. The van der Waals surface area contributed by atoms with E-state index < -0.39 is 24.0 Å². The Kier molecular flexibility index (Phi) is 7.76. The Morgan fingerprint density at radius 3 is 2.74 bits per heavy atom. The zero-order valence-electron chi connectivity index (χ0n) is 19.4. The molecule has 184 valence electrons. The Morgan fingerprint density at radius 2 is 2.00 bits per heavy atom. The number of rotatable bonds is 10. The highest BCUT2D eigenvalue weighted by atomic mass is 32.2. The lowest BCUT2D eigenvalue weighted by Crippen LogP contribution is -2.47. The van der Waals surface area contributed by atoms with Gasteiger partial charge in [0.25, 0.3) is 0 Å². The zero-order valence-corrected chi connectivity index (χ0v) is 20.2. The number of hydrogen-bond donors (Lipinski definition) is 3. The lowest BCUT2D eigenvalue weighted by Gasteiger charge is -2.27. The number of ether oxygens (including phenoxy) is 2. The second-order valence-corrected chi connectivity index (χ2v) is 8.85. The van der Waals surface area contributed by atoms with Crippen LogP contribution >= 0.6 is 11.8 Å². The van der Waals surface area contributed by atoms with Crippen molar-refractivity contribution in [1.29, 1.82) is 0 Å². The fourth-order valence-electron chi connectivity index (χ4n) is 3.61. The molecule has 3 heterocycles. The van der Waals surface area contributed by atoms with E-state index in [2.05, 4.69) is 20.6 Å². The number of nitrogens with zero attached hydrogens (tertiary/aromatic N) is 1. The van der Waals surface area contributed by atoms with Crippen LogP contribution in [0.2, 0.25) is 0 Å². The number of thioether (sulfide) groups is 1. The SMILES string of the molecule is CCOC(=O)C1=C(COC(=O)CCCSc2nc3ccccc3[nH]2)NC(=O)N[C@H]1c1ccc(C)o1. The van der Waals surface area contributed by atoms with E-state index in [0.29, 0.717) is 23.7 Å². The summed E-state index contributed by atoms with van der Waals surface area (Å²) in [5.74, 6) is 0.611. The number of benzene rings is 1. The average molecular weight is 499 g/mol. The standard InChI is InChI=1S/C24H26N4O6S/c1-3-32-22(30)20-17(25-23(31)28-21(20)18-11-10-14(2)34-18)13-33-19(29)9-6-12-35-24-26-15-7-4-5-8-16(15)27-24/h4-5,7-8,10-11,21H,3,6,9,12-13H2,1-2H3,(H,26,27)(H2,25,28,31)/t21-/m0/s1. The molecule has 0 spiro atoms. The van der Waals surface area contributed by atoms with E-state index in [4.69, 9.17) is 13.9 Å². The number of aryl methyl sites for hydroxylation is 1. The number of imidazole rings is 1. The normalized spacial score (nSPS) is 15.6. The van der Waals surface area contributed by atoms with Crippen molar-refractivity contribution in [3.8, 4) is 0 Å². The van der Waals surface area contributed by atoms with Gasteiger partial charge in [-0.1, -0.05) is 23.9 Å². The molecule has 0 aliphatic carbocycles. The first-order valence-corrected chi connectivity index (χ1v) is 12.2. The van der Waals surface area contributed by atoms with E-state index in [1.807, 2.05) is 24.3 Å². The fraction of sp³-hybridized carbons (Fsp3) is 0.333. The van der Waals surface area contributed by atoms with Crippen molar-refractivity contribution in [1.82, 2.24) is 20.6 Å². The van der Waals surface area contributed by atoms with Crippen LogP contribution in [0.3, 0.4) is 0 Å². The van der Waals surface area contributed by atoms with Gasteiger partial charge < -0.3 is 29.5 Å². The molecule has 3 N–H and O–H groups in total. The number of H-pyrrole nitrogens is 1. The third-order valence-electron chi connectivity index (χ3n) is 5.20. The molecule has 1 atom stereocenters. The summed E-state index contributed by atoms with van der Waals surface area (Å²) in [5.41, 5.74) is 2.16. The first-order valence-electron chi connectivity index (χ1n) is 11.2. The highest BCUT2D eigenvalue weighted by Crippen LogP contribution is 2.29. The number of hydrogen-bond acceptors (Lipinski definition) is 8. The minimum absolute atomic E-state index is 0.133. The lowest BCUT2D eigenvalue weighted by atomic mass is 10.0. The van der Waals surface area contributed by atoms with Crippen LogP contribution in [0.15, 0.2) is 57.2 Å². The highest BCUT2D eigenvalue weighted by Gasteiger charge is 2.36. The summed E-state index contributed by atoms with van der Waals surface area (Å²) in [7, 11) is 0. The predicted molar refractivity (Wildman–Crippen MR) is 129 cm³/mol. The van der Waals surface area contributed by atoms with Crippen LogP contribution < -0.4 is 10.6 Å². The minimum atomic E-state index is -0.856.